The largest absolute Gasteiger partial charge is 0.373 e. The van der Waals surface area contributed by atoms with Gasteiger partial charge in [0.25, 0.3) is 0 Å². The number of hydrogen-bond acceptors (Lipinski definition) is 3. The molecule has 1 aromatic carbocycles. The zero-order valence-electron chi connectivity index (χ0n) is 10.2. The Morgan fingerprint density at radius 1 is 1.47 bits per heavy atom. The zero-order valence-corrected chi connectivity index (χ0v) is 12.6. The van der Waals surface area contributed by atoms with Gasteiger partial charge in [-0.2, -0.15) is 0 Å². The Morgan fingerprint density at radius 3 is 3.05 bits per heavy atom. The van der Waals surface area contributed by atoms with Crippen molar-refractivity contribution in [3.8, 4) is 0 Å². The summed E-state index contributed by atoms with van der Waals surface area (Å²) in [5.74, 6) is 0.0562. The molecule has 0 fully saturated rings. The third-order valence-electron chi connectivity index (χ3n) is 3.15. The summed E-state index contributed by atoms with van der Waals surface area (Å²) in [6.45, 7) is 0.587. The molecule has 3 rings (SSSR count). The molecular weight excluding hydrogens is 324 g/mol. The maximum Gasteiger partial charge on any atom is 0.243 e. The summed E-state index contributed by atoms with van der Waals surface area (Å²) in [7, 11) is 0. The second-order valence-corrected chi connectivity index (χ2v) is 6.42. The van der Waals surface area contributed by atoms with Crippen LogP contribution < -0.4 is 10.6 Å². The number of rotatable bonds is 3. The third kappa shape index (κ3) is 2.82. The minimum absolute atomic E-state index is 0.0562. The molecule has 19 heavy (non-hydrogen) atoms. The van der Waals surface area contributed by atoms with Crippen molar-refractivity contribution < 1.29 is 4.79 Å². The van der Waals surface area contributed by atoms with E-state index in [1.807, 2.05) is 29.6 Å². The fourth-order valence-electron chi connectivity index (χ4n) is 2.20. The number of anilines is 1. The number of thiophene rings is 1. The summed E-state index contributed by atoms with van der Waals surface area (Å²) >= 11 is 5.05. The van der Waals surface area contributed by atoms with E-state index in [4.69, 9.17) is 0 Å². The molecule has 2 N–H and O–H groups in total. The van der Waals surface area contributed by atoms with Gasteiger partial charge in [0.15, 0.2) is 0 Å². The molecule has 0 saturated carbocycles. The predicted octanol–water partition coefficient (Wildman–Crippen LogP) is 3.16. The molecule has 0 saturated heterocycles. The van der Waals surface area contributed by atoms with Crippen LogP contribution in [0.15, 0.2) is 40.2 Å². The lowest BCUT2D eigenvalue weighted by Crippen LogP contribution is -2.37. The number of hydrogen-bond donors (Lipinski definition) is 2. The standard InChI is InChI=1S/C14H13BrN2OS/c15-10-6-11(19-8-10)7-16-14(18)13-5-9-3-1-2-4-12(9)17-13/h1-4,6,8,13,17H,5,7H2,(H,16,18). The van der Waals surface area contributed by atoms with Crippen LogP contribution in [0.5, 0.6) is 0 Å². The summed E-state index contributed by atoms with van der Waals surface area (Å²) in [6.07, 6.45) is 0.760. The van der Waals surface area contributed by atoms with Crippen LogP contribution in [0, 0.1) is 0 Å². The Hall–Kier alpha value is -1.33. The fraction of sp³-hybridized carbons (Fsp3) is 0.214. The van der Waals surface area contributed by atoms with Gasteiger partial charge in [-0.05, 0) is 33.6 Å². The summed E-state index contributed by atoms with van der Waals surface area (Å²) < 4.78 is 1.06. The second kappa shape index (κ2) is 5.35. The van der Waals surface area contributed by atoms with Crippen molar-refractivity contribution in [2.75, 3.05) is 5.32 Å². The smallest absolute Gasteiger partial charge is 0.243 e. The van der Waals surface area contributed by atoms with Crippen molar-refractivity contribution in [3.05, 3.63) is 50.6 Å². The molecule has 0 bridgehead atoms. The Balaban J connectivity index is 1.58. The summed E-state index contributed by atoms with van der Waals surface area (Å²) in [4.78, 5) is 13.3. The molecule has 98 valence electrons. The molecule has 3 nitrogen and oxygen atoms in total. The van der Waals surface area contributed by atoms with E-state index in [-0.39, 0.29) is 11.9 Å². The molecule has 1 aliphatic rings. The summed E-state index contributed by atoms with van der Waals surface area (Å²) in [5, 5.41) is 8.25. The van der Waals surface area contributed by atoms with Crippen LogP contribution in [0.1, 0.15) is 10.4 Å². The van der Waals surface area contributed by atoms with Crippen LogP contribution in [-0.2, 0) is 17.8 Å². The summed E-state index contributed by atoms with van der Waals surface area (Å²) in [6, 6.07) is 9.94. The topological polar surface area (TPSA) is 41.1 Å². The summed E-state index contributed by atoms with van der Waals surface area (Å²) in [5.41, 5.74) is 2.28. The average Bonchev–Trinajstić information content (AvgIpc) is 3.01. The lowest BCUT2D eigenvalue weighted by molar-refractivity contribution is -0.121. The van der Waals surface area contributed by atoms with Gasteiger partial charge in [0.2, 0.25) is 5.91 Å². The molecule has 2 aromatic rings. The van der Waals surface area contributed by atoms with Crippen LogP contribution in [0.2, 0.25) is 0 Å². The SMILES string of the molecule is O=C(NCc1cc(Br)cs1)C1Cc2ccccc2N1. The van der Waals surface area contributed by atoms with Crippen LogP contribution in [0.4, 0.5) is 5.69 Å². The van der Waals surface area contributed by atoms with Gasteiger partial charge in [-0.3, -0.25) is 4.79 Å². The molecule has 0 aliphatic carbocycles. The Morgan fingerprint density at radius 2 is 2.32 bits per heavy atom. The van der Waals surface area contributed by atoms with Gasteiger partial charge in [0, 0.05) is 26.8 Å². The average molecular weight is 337 g/mol. The lowest BCUT2D eigenvalue weighted by atomic mass is 10.1. The fourth-order valence-corrected chi connectivity index (χ4v) is 3.59. The van der Waals surface area contributed by atoms with Gasteiger partial charge in [-0.1, -0.05) is 18.2 Å². The lowest BCUT2D eigenvalue weighted by Gasteiger charge is -2.11. The van der Waals surface area contributed by atoms with E-state index < -0.39 is 0 Å². The van der Waals surface area contributed by atoms with Crippen LogP contribution >= 0.6 is 27.3 Å². The van der Waals surface area contributed by atoms with Crippen molar-refractivity contribution in [3.63, 3.8) is 0 Å². The highest BCUT2D eigenvalue weighted by Crippen LogP contribution is 2.25. The molecule has 1 atom stereocenters. The molecule has 1 aliphatic heterocycles. The Bertz CT molecular complexity index is 586. The molecule has 0 spiro atoms. The number of nitrogens with one attached hydrogen (secondary N) is 2. The molecule has 1 aromatic heterocycles. The minimum atomic E-state index is -0.152. The number of fused-ring (bicyclic) bond motifs is 1. The van der Waals surface area contributed by atoms with Crippen molar-refractivity contribution in [1.29, 1.82) is 0 Å². The number of carbonyl (C=O) groups is 1. The first kappa shape index (κ1) is 12.7. The first-order chi connectivity index (χ1) is 9.22. The maximum absolute atomic E-state index is 12.1. The molecule has 2 heterocycles. The Labute approximate surface area is 124 Å². The van der Waals surface area contributed by atoms with Crippen molar-refractivity contribution >= 4 is 38.9 Å². The van der Waals surface area contributed by atoms with E-state index >= 15 is 0 Å². The molecule has 1 amide bonds. The number of benzene rings is 1. The van der Waals surface area contributed by atoms with E-state index in [0.29, 0.717) is 6.54 Å². The minimum Gasteiger partial charge on any atom is -0.373 e. The van der Waals surface area contributed by atoms with Crippen molar-refractivity contribution in [2.45, 2.75) is 19.0 Å². The van der Waals surface area contributed by atoms with E-state index in [9.17, 15) is 4.79 Å². The highest BCUT2D eigenvalue weighted by Gasteiger charge is 2.25. The van der Waals surface area contributed by atoms with Crippen molar-refractivity contribution in [2.24, 2.45) is 0 Å². The van der Waals surface area contributed by atoms with Crippen molar-refractivity contribution in [1.82, 2.24) is 5.32 Å². The zero-order chi connectivity index (χ0) is 13.2. The van der Waals surface area contributed by atoms with Crippen LogP contribution in [-0.4, -0.2) is 11.9 Å². The molecule has 0 radical (unpaired) electrons. The Kier molecular flexibility index (Phi) is 3.57. The van der Waals surface area contributed by atoms with E-state index in [1.54, 1.807) is 11.3 Å². The second-order valence-electron chi connectivity index (χ2n) is 4.51. The van der Waals surface area contributed by atoms with E-state index in [2.05, 4.69) is 32.6 Å². The molecule has 1 unspecified atom stereocenters. The normalized spacial score (nSPS) is 16.8. The van der Waals surface area contributed by atoms with Crippen LogP contribution in [0.3, 0.4) is 0 Å². The van der Waals surface area contributed by atoms with Gasteiger partial charge in [0.05, 0.1) is 6.54 Å². The van der Waals surface area contributed by atoms with Gasteiger partial charge >= 0.3 is 0 Å². The first-order valence-corrected chi connectivity index (χ1v) is 7.75. The number of amides is 1. The van der Waals surface area contributed by atoms with Gasteiger partial charge in [-0.15, -0.1) is 11.3 Å². The third-order valence-corrected chi connectivity index (χ3v) is 4.84. The quantitative estimate of drug-likeness (QED) is 0.903. The highest BCUT2D eigenvalue weighted by atomic mass is 79.9. The molecule has 5 heteroatoms. The monoisotopic (exact) mass is 336 g/mol. The van der Waals surface area contributed by atoms with E-state index in [0.717, 1.165) is 21.5 Å². The highest BCUT2D eigenvalue weighted by molar-refractivity contribution is 9.10. The number of para-hydroxylation sites is 1. The van der Waals surface area contributed by atoms with Gasteiger partial charge < -0.3 is 10.6 Å². The maximum atomic E-state index is 12.1. The van der Waals surface area contributed by atoms with Gasteiger partial charge in [0.1, 0.15) is 6.04 Å². The number of halogens is 1. The first-order valence-electron chi connectivity index (χ1n) is 6.07. The number of carbonyl (C=O) groups excluding carboxylic acids is 1. The molecular formula is C14H13BrN2OS. The van der Waals surface area contributed by atoms with Crippen LogP contribution in [0.25, 0.3) is 0 Å². The van der Waals surface area contributed by atoms with E-state index in [1.165, 1.54) is 5.56 Å². The predicted molar refractivity (Wildman–Crippen MR) is 81.4 cm³/mol. The van der Waals surface area contributed by atoms with Gasteiger partial charge in [-0.25, -0.2) is 0 Å².